The van der Waals surface area contributed by atoms with Crippen LogP contribution in [0, 0.1) is 13.8 Å². The number of amides is 1. The maximum Gasteiger partial charge on any atom is 0.260 e. The fourth-order valence-electron chi connectivity index (χ4n) is 4.49. The number of thiazole rings is 1. The molecule has 156 valence electrons. The van der Waals surface area contributed by atoms with E-state index in [1.165, 1.54) is 29.5 Å². The minimum atomic E-state index is 0.0191. The lowest BCUT2D eigenvalue weighted by Gasteiger charge is -2.22. The van der Waals surface area contributed by atoms with Gasteiger partial charge in [-0.25, -0.2) is 4.98 Å². The summed E-state index contributed by atoms with van der Waals surface area (Å²) in [5, 5.41) is 0.760. The Morgan fingerprint density at radius 3 is 2.55 bits per heavy atom. The van der Waals surface area contributed by atoms with Crippen molar-refractivity contribution in [3.8, 4) is 0 Å². The normalized spacial score (nSPS) is 13.2. The number of anilines is 1. The van der Waals surface area contributed by atoms with Gasteiger partial charge in [-0.2, -0.15) is 0 Å². The summed E-state index contributed by atoms with van der Waals surface area (Å²) < 4.78 is 1.13. The molecule has 0 radical (unpaired) electrons. The zero-order valence-corrected chi connectivity index (χ0v) is 18.8. The molecule has 0 atom stereocenters. The lowest BCUT2D eigenvalue weighted by molar-refractivity contribution is 0.0985. The Morgan fingerprint density at radius 1 is 0.968 bits per heavy atom. The van der Waals surface area contributed by atoms with Gasteiger partial charge in [0.1, 0.15) is 0 Å². The number of aryl methyl sites for hydroxylation is 4. The van der Waals surface area contributed by atoms with Crippen molar-refractivity contribution in [1.29, 1.82) is 0 Å². The Hall–Kier alpha value is -2.98. The number of carbonyl (C=O) groups is 1. The monoisotopic (exact) mass is 426 g/mol. The van der Waals surface area contributed by atoms with Gasteiger partial charge < -0.3 is 0 Å². The van der Waals surface area contributed by atoms with Crippen molar-refractivity contribution in [2.24, 2.45) is 0 Å². The van der Waals surface area contributed by atoms with E-state index < -0.39 is 0 Å². The third-order valence-corrected chi connectivity index (χ3v) is 7.10. The minimum Gasteiger partial charge on any atom is -0.279 e. The molecule has 31 heavy (non-hydrogen) atoms. The highest BCUT2D eigenvalue weighted by atomic mass is 32.1. The van der Waals surface area contributed by atoms with Gasteiger partial charge in [0.2, 0.25) is 0 Å². The first-order valence-electron chi connectivity index (χ1n) is 10.9. The molecule has 1 aliphatic carbocycles. The summed E-state index contributed by atoms with van der Waals surface area (Å²) in [4.78, 5) is 20.5. The van der Waals surface area contributed by atoms with Gasteiger partial charge >= 0.3 is 0 Å². The first-order valence-corrected chi connectivity index (χ1v) is 11.8. The standard InChI is InChI=1S/C27H26N2OS/c1-18-14-19(2)25-24(15-18)31-27(28-25)29(17-20-8-4-3-5-9-20)26(30)23-13-12-21-10-6-7-11-22(21)16-23/h3-5,8-9,12-16H,6-7,10-11,17H2,1-2H3. The van der Waals surface area contributed by atoms with Crippen LogP contribution in [0.4, 0.5) is 5.13 Å². The molecule has 0 saturated heterocycles. The molecule has 5 rings (SSSR count). The summed E-state index contributed by atoms with van der Waals surface area (Å²) >= 11 is 1.60. The van der Waals surface area contributed by atoms with E-state index in [9.17, 15) is 4.79 Å². The van der Waals surface area contributed by atoms with E-state index in [0.29, 0.717) is 6.54 Å². The second-order valence-corrected chi connectivity index (χ2v) is 9.50. The first-order chi connectivity index (χ1) is 15.1. The molecule has 3 aromatic carbocycles. The third-order valence-electron chi connectivity index (χ3n) is 6.07. The molecule has 1 aliphatic rings. The van der Waals surface area contributed by atoms with Crippen LogP contribution in [0.1, 0.15) is 51.0 Å². The fraction of sp³-hybridized carbons (Fsp3) is 0.259. The molecule has 0 aliphatic heterocycles. The number of hydrogen-bond acceptors (Lipinski definition) is 3. The Bertz CT molecular complexity index is 1260. The molecule has 4 aromatic rings. The van der Waals surface area contributed by atoms with Crippen molar-refractivity contribution >= 4 is 32.6 Å². The number of nitrogens with zero attached hydrogens (tertiary/aromatic N) is 2. The van der Waals surface area contributed by atoms with Crippen LogP contribution in [-0.2, 0) is 19.4 Å². The van der Waals surface area contributed by atoms with Gasteiger partial charge in [-0.1, -0.05) is 53.8 Å². The van der Waals surface area contributed by atoms with E-state index in [1.54, 1.807) is 11.3 Å². The van der Waals surface area contributed by atoms with Crippen LogP contribution in [0.25, 0.3) is 10.2 Å². The van der Waals surface area contributed by atoms with E-state index in [4.69, 9.17) is 4.98 Å². The van der Waals surface area contributed by atoms with Gasteiger partial charge in [-0.3, -0.25) is 9.69 Å². The molecule has 1 amide bonds. The second kappa shape index (κ2) is 8.27. The van der Waals surface area contributed by atoms with Crippen molar-refractivity contribution in [3.05, 3.63) is 94.0 Å². The third kappa shape index (κ3) is 4.00. The summed E-state index contributed by atoms with van der Waals surface area (Å²) in [6.45, 7) is 4.70. The van der Waals surface area contributed by atoms with Gasteiger partial charge in [0.25, 0.3) is 5.91 Å². The second-order valence-electron chi connectivity index (χ2n) is 8.49. The summed E-state index contributed by atoms with van der Waals surface area (Å²) in [5.41, 5.74) is 7.93. The zero-order chi connectivity index (χ0) is 21.4. The molecule has 0 bridgehead atoms. The molecule has 0 unspecified atom stereocenters. The number of carbonyl (C=O) groups excluding carboxylic acids is 1. The molecule has 1 heterocycles. The molecule has 3 nitrogen and oxygen atoms in total. The van der Waals surface area contributed by atoms with Crippen LogP contribution in [0.15, 0.2) is 60.7 Å². The smallest absolute Gasteiger partial charge is 0.260 e. The molecule has 0 N–H and O–H groups in total. The Morgan fingerprint density at radius 2 is 1.74 bits per heavy atom. The lowest BCUT2D eigenvalue weighted by Crippen LogP contribution is -2.30. The highest BCUT2D eigenvalue weighted by Gasteiger charge is 2.23. The summed E-state index contributed by atoms with van der Waals surface area (Å²) in [6, 6.07) is 20.7. The van der Waals surface area contributed by atoms with Crippen molar-refractivity contribution in [3.63, 3.8) is 0 Å². The van der Waals surface area contributed by atoms with Crippen LogP contribution >= 0.6 is 11.3 Å². The van der Waals surface area contributed by atoms with E-state index in [2.05, 4.69) is 50.2 Å². The summed E-state index contributed by atoms with van der Waals surface area (Å²) in [6.07, 6.45) is 4.63. The van der Waals surface area contributed by atoms with Crippen LogP contribution in [-0.4, -0.2) is 10.9 Å². The maximum absolute atomic E-state index is 13.8. The summed E-state index contributed by atoms with van der Waals surface area (Å²) in [7, 11) is 0. The molecular weight excluding hydrogens is 400 g/mol. The number of fused-ring (bicyclic) bond motifs is 2. The van der Waals surface area contributed by atoms with Crippen LogP contribution in [0.3, 0.4) is 0 Å². The van der Waals surface area contributed by atoms with Crippen LogP contribution in [0.2, 0.25) is 0 Å². The topological polar surface area (TPSA) is 33.2 Å². The molecule has 0 fully saturated rings. The van der Waals surface area contributed by atoms with E-state index >= 15 is 0 Å². The van der Waals surface area contributed by atoms with Gasteiger partial charge in [-0.15, -0.1) is 0 Å². The zero-order valence-electron chi connectivity index (χ0n) is 18.0. The van der Waals surface area contributed by atoms with Crippen LogP contribution in [0.5, 0.6) is 0 Å². The predicted octanol–water partition coefficient (Wildman–Crippen LogP) is 6.64. The van der Waals surface area contributed by atoms with Gasteiger partial charge in [-0.05, 0) is 85.5 Å². The molecule has 0 spiro atoms. The Labute approximate surface area is 187 Å². The molecule has 1 aromatic heterocycles. The van der Waals surface area contributed by atoms with E-state index in [1.807, 2.05) is 29.2 Å². The van der Waals surface area contributed by atoms with Gasteiger partial charge in [0.05, 0.1) is 16.8 Å². The molecule has 4 heteroatoms. The Balaban J connectivity index is 1.57. The first kappa shape index (κ1) is 20.0. The van der Waals surface area contributed by atoms with Crippen molar-refractivity contribution in [2.45, 2.75) is 46.1 Å². The highest BCUT2D eigenvalue weighted by Crippen LogP contribution is 2.33. The number of benzene rings is 3. The van der Waals surface area contributed by atoms with Crippen LogP contribution < -0.4 is 4.90 Å². The maximum atomic E-state index is 13.8. The van der Waals surface area contributed by atoms with Gasteiger partial charge in [0.15, 0.2) is 5.13 Å². The Kier molecular flexibility index (Phi) is 5.33. The molecular formula is C27H26N2OS. The lowest BCUT2D eigenvalue weighted by atomic mass is 9.90. The van der Waals surface area contributed by atoms with Gasteiger partial charge in [0, 0.05) is 5.56 Å². The quantitative estimate of drug-likeness (QED) is 0.366. The average Bonchev–Trinajstić information content (AvgIpc) is 3.21. The van der Waals surface area contributed by atoms with E-state index in [-0.39, 0.29) is 5.91 Å². The minimum absolute atomic E-state index is 0.0191. The van der Waals surface area contributed by atoms with E-state index in [0.717, 1.165) is 44.9 Å². The average molecular weight is 427 g/mol. The van der Waals surface area contributed by atoms with Crippen molar-refractivity contribution < 1.29 is 4.79 Å². The molecule has 0 saturated carbocycles. The van der Waals surface area contributed by atoms with Crippen molar-refractivity contribution in [2.75, 3.05) is 4.90 Å². The van der Waals surface area contributed by atoms with Crippen molar-refractivity contribution in [1.82, 2.24) is 4.98 Å². The number of hydrogen-bond donors (Lipinski definition) is 0. The SMILES string of the molecule is Cc1cc(C)c2nc(N(Cc3ccccc3)C(=O)c3ccc4c(c3)CCCC4)sc2c1. The highest BCUT2D eigenvalue weighted by molar-refractivity contribution is 7.22. The number of aromatic nitrogens is 1. The predicted molar refractivity (Wildman–Crippen MR) is 129 cm³/mol. The summed E-state index contributed by atoms with van der Waals surface area (Å²) in [5.74, 6) is 0.0191. The largest absolute Gasteiger partial charge is 0.279 e. The fourth-order valence-corrected chi connectivity index (χ4v) is 5.63. The number of rotatable bonds is 4.